The predicted octanol–water partition coefficient (Wildman–Crippen LogP) is 2.34. The second kappa shape index (κ2) is 4.91. The Bertz CT molecular complexity index is 345. The molecule has 0 bridgehead atoms. The number of hydrogen-bond donors (Lipinski definition) is 3. The van der Waals surface area contributed by atoms with Crippen LogP contribution in [0.2, 0.25) is 0 Å². The summed E-state index contributed by atoms with van der Waals surface area (Å²) in [4.78, 5) is 0. The van der Waals surface area contributed by atoms with E-state index >= 15 is 0 Å². The van der Waals surface area contributed by atoms with Crippen molar-refractivity contribution in [1.29, 1.82) is 0 Å². The standard InChI is InChI=1S/C12H21N3/c1-3-5-8-7-10(13)12(15)9(6-4-2)11(8)14/h7H,3-6,13-15H2,1-2H3. The topological polar surface area (TPSA) is 78.1 Å². The Morgan fingerprint density at radius 3 is 2.07 bits per heavy atom. The van der Waals surface area contributed by atoms with Crippen LogP contribution in [-0.4, -0.2) is 0 Å². The molecule has 0 radical (unpaired) electrons. The molecule has 0 aliphatic heterocycles. The summed E-state index contributed by atoms with van der Waals surface area (Å²) >= 11 is 0. The molecule has 0 saturated carbocycles. The van der Waals surface area contributed by atoms with E-state index in [1.807, 2.05) is 6.07 Å². The summed E-state index contributed by atoms with van der Waals surface area (Å²) in [5.74, 6) is 0. The van der Waals surface area contributed by atoms with Gasteiger partial charge in [-0.3, -0.25) is 0 Å². The van der Waals surface area contributed by atoms with Gasteiger partial charge < -0.3 is 17.2 Å². The van der Waals surface area contributed by atoms with Gasteiger partial charge in [0.25, 0.3) is 0 Å². The van der Waals surface area contributed by atoms with Crippen LogP contribution in [0.25, 0.3) is 0 Å². The fourth-order valence-corrected chi connectivity index (χ4v) is 1.85. The minimum absolute atomic E-state index is 0.661. The van der Waals surface area contributed by atoms with Gasteiger partial charge in [-0.1, -0.05) is 26.7 Å². The van der Waals surface area contributed by atoms with Gasteiger partial charge in [0.15, 0.2) is 0 Å². The van der Waals surface area contributed by atoms with Crippen molar-refractivity contribution in [2.75, 3.05) is 17.2 Å². The lowest BCUT2D eigenvalue weighted by Gasteiger charge is -2.15. The third kappa shape index (κ3) is 2.35. The van der Waals surface area contributed by atoms with Crippen molar-refractivity contribution in [3.8, 4) is 0 Å². The molecule has 1 aromatic carbocycles. The minimum atomic E-state index is 0.661. The fourth-order valence-electron chi connectivity index (χ4n) is 1.85. The summed E-state index contributed by atoms with van der Waals surface area (Å²) in [5, 5.41) is 0. The maximum Gasteiger partial charge on any atom is 0.0601 e. The second-order valence-corrected chi connectivity index (χ2v) is 3.93. The van der Waals surface area contributed by atoms with Crippen molar-refractivity contribution in [1.82, 2.24) is 0 Å². The average Bonchev–Trinajstić information content (AvgIpc) is 2.21. The molecule has 0 saturated heterocycles. The zero-order chi connectivity index (χ0) is 11.4. The molecule has 0 amide bonds. The maximum absolute atomic E-state index is 6.09. The average molecular weight is 207 g/mol. The van der Waals surface area contributed by atoms with Crippen LogP contribution in [0.3, 0.4) is 0 Å². The molecule has 15 heavy (non-hydrogen) atoms. The summed E-state index contributed by atoms with van der Waals surface area (Å²) in [6.45, 7) is 4.24. The third-order valence-electron chi connectivity index (χ3n) is 2.66. The van der Waals surface area contributed by atoms with Gasteiger partial charge in [-0.15, -0.1) is 0 Å². The lowest BCUT2D eigenvalue weighted by molar-refractivity contribution is 0.902. The first-order valence-electron chi connectivity index (χ1n) is 5.56. The maximum atomic E-state index is 6.09. The second-order valence-electron chi connectivity index (χ2n) is 3.93. The van der Waals surface area contributed by atoms with Crippen LogP contribution in [0, 0.1) is 0 Å². The number of nitrogens with two attached hydrogens (primary N) is 3. The van der Waals surface area contributed by atoms with Crippen molar-refractivity contribution in [2.24, 2.45) is 0 Å². The van der Waals surface area contributed by atoms with Crippen molar-refractivity contribution in [2.45, 2.75) is 39.5 Å². The van der Waals surface area contributed by atoms with Gasteiger partial charge in [-0.05, 0) is 24.5 Å². The number of anilines is 3. The molecule has 0 aliphatic carbocycles. The monoisotopic (exact) mass is 207 g/mol. The van der Waals surface area contributed by atoms with Crippen LogP contribution in [-0.2, 0) is 12.8 Å². The summed E-state index contributed by atoms with van der Waals surface area (Å²) in [7, 11) is 0. The first kappa shape index (κ1) is 11.7. The Morgan fingerprint density at radius 2 is 1.53 bits per heavy atom. The van der Waals surface area contributed by atoms with E-state index in [2.05, 4.69) is 13.8 Å². The molecule has 0 aromatic heterocycles. The molecule has 1 rings (SSSR count). The lowest BCUT2D eigenvalue weighted by Crippen LogP contribution is -2.07. The van der Waals surface area contributed by atoms with Crippen LogP contribution in [0.1, 0.15) is 37.8 Å². The summed E-state index contributed by atoms with van der Waals surface area (Å²) in [6, 6.07) is 1.91. The molecule has 0 spiro atoms. The van der Waals surface area contributed by atoms with Crippen molar-refractivity contribution >= 4 is 17.1 Å². The van der Waals surface area contributed by atoms with Crippen LogP contribution in [0.5, 0.6) is 0 Å². The summed E-state index contributed by atoms with van der Waals surface area (Å²) in [5.41, 5.74) is 22.2. The highest BCUT2D eigenvalue weighted by Crippen LogP contribution is 2.31. The SMILES string of the molecule is CCCc1cc(N)c(N)c(CCC)c1N. The van der Waals surface area contributed by atoms with E-state index in [4.69, 9.17) is 17.2 Å². The number of rotatable bonds is 4. The van der Waals surface area contributed by atoms with Crippen molar-refractivity contribution in [3.63, 3.8) is 0 Å². The lowest BCUT2D eigenvalue weighted by atomic mass is 9.97. The molecule has 0 fully saturated rings. The van der Waals surface area contributed by atoms with E-state index in [0.29, 0.717) is 11.4 Å². The Hall–Kier alpha value is -1.38. The van der Waals surface area contributed by atoms with E-state index < -0.39 is 0 Å². The Morgan fingerprint density at radius 1 is 0.933 bits per heavy atom. The highest BCUT2D eigenvalue weighted by Gasteiger charge is 2.11. The van der Waals surface area contributed by atoms with Crippen molar-refractivity contribution < 1.29 is 0 Å². The van der Waals surface area contributed by atoms with E-state index in [-0.39, 0.29) is 0 Å². The smallest absolute Gasteiger partial charge is 0.0601 e. The number of aryl methyl sites for hydroxylation is 1. The molecule has 1 aromatic rings. The molecular formula is C12H21N3. The molecule has 0 heterocycles. The molecule has 84 valence electrons. The Balaban J connectivity index is 3.22. The molecule has 3 nitrogen and oxygen atoms in total. The van der Waals surface area contributed by atoms with Crippen LogP contribution in [0.4, 0.5) is 17.1 Å². The minimum Gasteiger partial charge on any atom is -0.398 e. The van der Waals surface area contributed by atoms with E-state index in [1.165, 1.54) is 0 Å². The molecule has 0 aliphatic rings. The van der Waals surface area contributed by atoms with Gasteiger partial charge in [0.05, 0.1) is 11.4 Å². The highest BCUT2D eigenvalue weighted by molar-refractivity contribution is 5.77. The van der Waals surface area contributed by atoms with Crippen LogP contribution >= 0.6 is 0 Å². The van der Waals surface area contributed by atoms with Gasteiger partial charge in [0.2, 0.25) is 0 Å². The highest BCUT2D eigenvalue weighted by atomic mass is 14.7. The molecule has 0 unspecified atom stereocenters. The summed E-state index contributed by atoms with van der Waals surface area (Å²) in [6.07, 6.45) is 3.97. The van der Waals surface area contributed by atoms with Gasteiger partial charge in [0, 0.05) is 11.3 Å². The Kier molecular flexibility index (Phi) is 3.83. The van der Waals surface area contributed by atoms with Gasteiger partial charge in [0.1, 0.15) is 0 Å². The zero-order valence-corrected chi connectivity index (χ0v) is 9.64. The first-order valence-corrected chi connectivity index (χ1v) is 5.56. The molecule has 3 heteroatoms. The normalized spacial score (nSPS) is 10.5. The van der Waals surface area contributed by atoms with Gasteiger partial charge in [-0.25, -0.2) is 0 Å². The van der Waals surface area contributed by atoms with Crippen LogP contribution in [0.15, 0.2) is 6.07 Å². The van der Waals surface area contributed by atoms with E-state index in [9.17, 15) is 0 Å². The number of nitrogen functional groups attached to an aromatic ring is 3. The Labute approximate surface area is 91.6 Å². The molecule has 6 N–H and O–H groups in total. The number of hydrogen-bond acceptors (Lipinski definition) is 3. The fraction of sp³-hybridized carbons (Fsp3) is 0.500. The molecule has 0 atom stereocenters. The largest absolute Gasteiger partial charge is 0.398 e. The molecular weight excluding hydrogens is 186 g/mol. The first-order chi connectivity index (χ1) is 7.11. The third-order valence-corrected chi connectivity index (χ3v) is 2.66. The van der Waals surface area contributed by atoms with E-state index in [1.54, 1.807) is 0 Å². The van der Waals surface area contributed by atoms with Crippen LogP contribution < -0.4 is 17.2 Å². The number of benzene rings is 1. The summed E-state index contributed by atoms with van der Waals surface area (Å²) < 4.78 is 0. The zero-order valence-electron chi connectivity index (χ0n) is 9.64. The predicted molar refractivity (Wildman–Crippen MR) is 67.7 cm³/mol. The van der Waals surface area contributed by atoms with Crippen molar-refractivity contribution in [3.05, 3.63) is 17.2 Å². The van der Waals surface area contributed by atoms with E-state index in [0.717, 1.165) is 42.5 Å². The quantitative estimate of drug-likeness (QED) is 0.663. The van der Waals surface area contributed by atoms with Gasteiger partial charge >= 0.3 is 0 Å². The van der Waals surface area contributed by atoms with Gasteiger partial charge in [-0.2, -0.15) is 0 Å².